The molecule has 1 saturated heterocycles. The van der Waals surface area contributed by atoms with E-state index in [0.717, 1.165) is 25.7 Å². The number of rotatable bonds is 0. The van der Waals surface area contributed by atoms with Gasteiger partial charge in [0.2, 0.25) is 0 Å². The van der Waals surface area contributed by atoms with Crippen LogP contribution in [-0.4, -0.2) is 25.9 Å². The van der Waals surface area contributed by atoms with Crippen LogP contribution in [0, 0.1) is 5.92 Å². The summed E-state index contributed by atoms with van der Waals surface area (Å²) >= 11 is 0. The van der Waals surface area contributed by atoms with Crippen molar-refractivity contribution in [2.45, 2.75) is 38.2 Å². The summed E-state index contributed by atoms with van der Waals surface area (Å²) < 4.78 is 11.3. The first-order valence-electron chi connectivity index (χ1n) is 5.14. The molecule has 0 spiro atoms. The van der Waals surface area contributed by atoms with Crippen LogP contribution in [0.15, 0.2) is 0 Å². The van der Waals surface area contributed by atoms with Crippen LogP contribution in [-0.2, 0) is 9.47 Å². The SMILES string of the molecule is C1CCO[C@@H]2CC[C@@H](COC1)C2. The predicted molar refractivity (Wildman–Crippen MR) is 47.1 cm³/mol. The highest BCUT2D eigenvalue weighted by Gasteiger charge is 2.25. The van der Waals surface area contributed by atoms with Gasteiger partial charge in [0.15, 0.2) is 0 Å². The van der Waals surface area contributed by atoms with Crippen molar-refractivity contribution in [3.8, 4) is 0 Å². The van der Waals surface area contributed by atoms with Gasteiger partial charge < -0.3 is 9.47 Å². The Kier molecular flexibility index (Phi) is 3.01. The molecule has 70 valence electrons. The van der Waals surface area contributed by atoms with Gasteiger partial charge >= 0.3 is 0 Å². The van der Waals surface area contributed by atoms with Crippen LogP contribution in [0.25, 0.3) is 0 Å². The second-order valence-electron chi connectivity index (χ2n) is 3.95. The summed E-state index contributed by atoms with van der Waals surface area (Å²) in [5.74, 6) is 0.785. The molecule has 1 saturated carbocycles. The lowest BCUT2D eigenvalue weighted by Gasteiger charge is -2.15. The Labute approximate surface area is 74.2 Å². The lowest BCUT2D eigenvalue weighted by atomic mass is 10.1. The van der Waals surface area contributed by atoms with Crippen LogP contribution in [0.1, 0.15) is 32.1 Å². The molecule has 2 atom stereocenters. The zero-order valence-corrected chi connectivity index (χ0v) is 7.63. The third-order valence-corrected chi connectivity index (χ3v) is 2.88. The average Bonchev–Trinajstić information content (AvgIpc) is 2.51. The largest absolute Gasteiger partial charge is 0.381 e. The molecule has 12 heavy (non-hydrogen) atoms. The molecule has 2 bridgehead atoms. The van der Waals surface area contributed by atoms with E-state index in [0.29, 0.717) is 6.10 Å². The molecule has 2 aliphatic rings. The maximum Gasteiger partial charge on any atom is 0.0578 e. The summed E-state index contributed by atoms with van der Waals surface area (Å²) in [6, 6.07) is 0. The Balaban J connectivity index is 1.82. The molecule has 0 radical (unpaired) electrons. The molecular formula is C10H18O2. The number of hydrogen-bond donors (Lipinski definition) is 0. The van der Waals surface area contributed by atoms with Crippen LogP contribution in [0.4, 0.5) is 0 Å². The van der Waals surface area contributed by atoms with E-state index in [1.165, 1.54) is 32.1 Å². The molecule has 0 amide bonds. The fourth-order valence-electron chi connectivity index (χ4n) is 2.14. The molecule has 0 unspecified atom stereocenters. The van der Waals surface area contributed by atoms with Crippen LogP contribution in [0.3, 0.4) is 0 Å². The smallest absolute Gasteiger partial charge is 0.0578 e. The second-order valence-corrected chi connectivity index (χ2v) is 3.95. The van der Waals surface area contributed by atoms with Gasteiger partial charge in [0.05, 0.1) is 6.10 Å². The Morgan fingerprint density at radius 2 is 1.92 bits per heavy atom. The van der Waals surface area contributed by atoms with Gasteiger partial charge in [0.1, 0.15) is 0 Å². The van der Waals surface area contributed by atoms with Crippen LogP contribution >= 0.6 is 0 Å². The Morgan fingerprint density at radius 1 is 1.00 bits per heavy atom. The fraction of sp³-hybridized carbons (Fsp3) is 1.00. The molecule has 0 aromatic rings. The Morgan fingerprint density at radius 3 is 2.92 bits per heavy atom. The molecule has 0 aromatic heterocycles. The quantitative estimate of drug-likeness (QED) is 0.553. The van der Waals surface area contributed by atoms with E-state index in [9.17, 15) is 0 Å². The fourth-order valence-corrected chi connectivity index (χ4v) is 2.14. The molecule has 1 aliphatic carbocycles. The summed E-state index contributed by atoms with van der Waals surface area (Å²) in [5, 5.41) is 0. The topological polar surface area (TPSA) is 18.5 Å². The number of hydrogen-bond acceptors (Lipinski definition) is 2. The molecule has 0 aromatic carbocycles. The maximum absolute atomic E-state index is 5.75. The normalized spacial score (nSPS) is 38.0. The van der Waals surface area contributed by atoms with Crippen molar-refractivity contribution in [2.24, 2.45) is 5.92 Å². The molecule has 1 aliphatic heterocycles. The van der Waals surface area contributed by atoms with E-state index < -0.39 is 0 Å². The molecule has 2 fully saturated rings. The molecule has 2 heteroatoms. The molecule has 2 rings (SSSR count). The third-order valence-electron chi connectivity index (χ3n) is 2.88. The van der Waals surface area contributed by atoms with Crippen LogP contribution < -0.4 is 0 Å². The first kappa shape index (κ1) is 8.52. The van der Waals surface area contributed by atoms with Crippen molar-refractivity contribution < 1.29 is 9.47 Å². The van der Waals surface area contributed by atoms with Gasteiger partial charge in [-0.2, -0.15) is 0 Å². The Bertz CT molecular complexity index is 122. The molecule has 0 N–H and O–H groups in total. The van der Waals surface area contributed by atoms with Gasteiger partial charge in [0, 0.05) is 19.8 Å². The van der Waals surface area contributed by atoms with Gasteiger partial charge in [-0.1, -0.05) is 0 Å². The molecule has 1 heterocycles. The average molecular weight is 170 g/mol. The van der Waals surface area contributed by atoms with E-state index in [2.05, 4.69) is 0 Å². The zero-order chi connectivity index (χ0) is 8.23. The zero-order valence-electron chi connectivity index (χ0n) is 7.63. The van der Waals surface area contributed by atoms with Crippen molar-refractivity contribution in [2.75, 3.05) is 19.8 Å². The lowest BCUT2D eigenvalue weighted by molar-refractivity contribution is 0.0276. The monoisotopic (exact) mass is 170 g/mol. The first-order chi connectivity index (χ1) is 5.95. The summed E-state index contributed by atoms with van der Waals surface area (Å²) in [7, 11) is 0. The van der Waals surface area contributed by atoms with Crippen molar-refractivity contribution in [3.05, 3.63) is 0 Å². The Hall–Kier alpha value is -0.0800. The van der Waals surface area contributed by atoms with Gasteiger partial charge in [0.25, 0.3) is 0 Å². The van der Waals surface area contributed by atoms with E-state index >= 15 is 0 Å². The minimum absolute atomic E-state index is 0.552. The predicted octanol–water partition coefficient (Wildman–Crippen LogP) is 1.98. The first-order valence-corrected chi connectivity index (χ1v) is 5.14. The van der Waals surface area contributed by atoms with Crippen molar-refractivity contribution in [1.82, 2.24) is 0 Å². The van der Waals surface area contributed by atoms with Gasteiger partial charge in [-0.05, 0) is 38.0 Å². The summed E-state index contributed by atoms with van der Waals surface area (Å²) in [4.78, 5) is 0. The summed E-state index contributed by atoms with van der Waals surface area (Å²) in [6.45, 7) is 2.85. The molecular weight excluding hydrogens is 152 g/mol. The van der Waals surface area contributed by atoms with E-state index in [1.807, 2.05) is 0 Å². The maximum atomic E-state index is 5.75. The number of ether oxygens (including phenoxy) is 2. The van der Waals surface area contributed by atoms with Gasteiger partial charge in [-0.25, -0.2) is 0 Å². The third kappa shape index (κ3) is 2.20. The lowest BCUT2D eigenvalue weighted by Crippen LogP contribution is -2.14. The van der Waals surface area contributed by atoms with Gasteiger partial charge in [-0.3, -0.25) is 0 Å². The highest BCUT2D eigenvalue weighted by Crippen LogP contribution is 2.28. The van der Waals surface area contributed by atoms with Crippen LogP contribution in [0.2, 0.25) is 0 Å². The van der Waals surface area contributed by atoms with Gasteiger partial charge in [-0.15, -0.1) is 0 Å². The van der Waals surface area contributed by atoms with E-state index in [1.54, 1.807) is 0 Å². The summed E-state index contributed by atoms with van der Waals surface area (Å²) in [6.07, 6.45) is 6.69. The minimum atomic E-state index is 0.552. The minimum Gasteiger partial charge on any atom is -0.381 e. The van der Waals surface area contributed by atoms with E-state index in [4.69, 9.17) is 9.47 Å². The summed E-state index contributed by atoms with van der Waals surface area (Å²) in [5.41, 5.74) is 0. The van der Waals surface area contributed by atoms with E-state index in [-0.39, 0.29) is 0 Å². The highest BCUT2D eigenvalue weighted by molar-refractivity contribution is 4.76. The molecule has 2 nitrogen and oxygen atoms in total. The second kappa shape index (κ2) is 4.24. The van der Waals surface area contributed by atoms with Crippen molar-refractivity contribution >= 4 is 0 Å². The van der Waals surface area contributed by atoms with Crippen molar-refractivity contribution in [1.29, 1.82) is 0 Å². The number of fused-ring (bicyclic) bond motifs is 2. The van der Waals surface area contributed by atoms with Crippen molar-refractivity contribution in [3.63, 3.8) is 0 Å². The highest BCUT2D eigenvalue weighted by atomic mass is 16.5. The van der Waals surface area contributed by atoms with Crippen LogP contribution in [0.5, 0.6) is 0 Å². The standard InChI is InChI=1S/C10H18O2/c1-2-6-12-10-4-3-9(7-10)8-11-5-1/h9-10H,1-8H2/t9-,10-/m1/s1.